The molecule has 0 unspecified atom stereocenters. The van der Waals surface area contributed by atoms with E-state index in [2.05, 4.69) is 47.8 Å². The lowest BCUT2D eigenvalue weighted by molar-refractivity contribution is 0.676. The second-order valence-corrected chi connectivity index (χ2v) is 4.24. The molecular weight excluding hydrogens is 220 g/mol. The fourth-order valence-corrected chi connectivity index (χ4v) is 1.91. The van der Waals surface area contributed by atoms with Crippen molar-refractivity contribution in [2.75, 3.05) is 7.05 Å². The molecule has 0 saturated heterocycles. The number of nitrogens with zero attached hydrogens (tertiary/aromatic N) is 1. The molecule has 0 radical (unpaired) electrons. The van der Waals surface area contributed by atoms with Gasteiger partial charge in [0.2, 0.25) is 0 Å². The standard InChI is InChI=1S/C16H16N2/c1-18-16(12-17)11-13-7-9-15(10-8-13)14-5-3-2-4-6-14/h2-10,16,18H,11H2,1H3/t16-/m0/s1. The Labute approximate surface area is 108 Å². The van der Waals surface area contributed by atoms with Crippen LogP contribution in [-0.2, 0) is 6.42 Å². The Morgan fingerprint density at radius 3 is 2.17 bits per heavy atom. The third-order valence-corrected chi connectivity index (χ3v) is 3.01. The van der Waals surface area contributed by atoms with Gasteiger partial charge in [-0.1, -0.05) is 54.6 Å². The van der Waals surface area contributed by atoms with E-state index in [1.165, 1.54) is 16.7 Å². The Balaban J connectivity index is 2.14. The van der Waals surface area contributed by atoms with E-state index in [0.29, 0.717) is 0 Å². The lowest BCUT2D eigenvalue weighted by Crippen LogP contribution is -2.25. The zero-order chi connectivity index (χ0) is 12.8. The van der Waals surface area contributed by atoms with Gasteiger partial charge in [-0.25, -0.2) is 0 Å². The maximum Gasteiger partial charge on any atom is 0.0991 e. The van der Waals surface area contributed by atoms with Crippen LogP contribution >= 0.6 is 0 Å². The molecule has 18 heavy (non-hydrogen) atoms. The highest BCUT2D eigenvalue weighted by atomic mass is 14.9. The van der Waals surface area contributed by atoms with Crippen LogP contribution in [-0.4, -0.2) is 13.1 Å². The molecule has 90 valence electrons. The Bertz CT molecular complexity index is 523. The Kier molecular flexibility index (Phi) is 4.11. The topological polar surface area (TPSA) is 35.8 Å². The largest absolute Gasteiger partial charge is 0.305 e. The molecule has 0 aliphatic heterocycles. The third kappa shape index (κ3) is 2.97. The Morgan fingerprint density at radius 2 is 1.61 bits per heavy atom. The highest BCUT2D eigenvalue weighted by molar-refractivity contribution is 5.63. The molecule has 0 aliphatic carbocycles. The van der Waals surface area contributed by atoms with E-state index in [4.69, 9.17) is 5.26 Å². The summed E-state index contributed by atoms with van der Waals surface area (Å²) >= 11 is 0. The molecule has 2 rings (SSSR count). The van der Waals surface area contributed by atoms with Gasteiger partial charge < -0.3 is 5.32 Å². The summed E-state index contributed by atoms with van der Waals surface area (Å²) < 4.78 is 0. The summed E-state index contributed by atoms with van der Waals surface area (Å²) in [5.41, 5.74) is 3.60. The molecular formula is C16H16N2. The molecule has 0 fully saturated rings. The number of hydrogen-bond acceptors (Lipinski definition) is 2. The van der Waals surface area contributed by atoms with E-state index < -0.39 is 0 Å². The SMILES string of the molecule is CN[C@H](C#N)Cc1ccc(-c2ccccc2)cc1. The molecule has 0 aromatic heterocycles. The molecule has 0 aliphatic rings. The van der Waals surface area contributed by atoms with Gasteiger partial charge in [0.1, 0.15) is 0 Å². The highest BCUT2D eigenvalue weighted by Crippen LogP contribution is 2.19. The van der Waals surface area contributed by atoms with E-state index in [1.54, 1.807) is 0 Å². The monoisotopic (exact) mass is 236 g/mol. The highest BCUT2D eigenvalue weighted by Gasteiger charge is 2.05. The van der Waals surface area contributed by atoms with Crippen LogP contribution in [0.5, 0.6) is 0 Å². The number of nitrogens with one attached hydrogen (secondary N) is 1. The van der Waals surface area contributed by atoms with E-state index in [9.17, 15) is 0 Å². The van der Waals surface area contributed by atoms with Crippen molar-refractivity contribution in [1.29, 1.82) is 5.26 Å². The van der Waals surface area contributed by atoms with Crippen LogP contribution in [0.25, 0.3) is 11.1 Å². The first-order valence-corrected chi connectivity index (χ1v) is 6.04. The second-order valence-electron chi connectivity index (χ2n) is 4.24. The number of nitriles is 1. The van der Waals surface area contributed by atoms with Crippen molar-refractivity contribution < 1.29 is 0 Å². The van der Waals surface area contributed by atoms with Crippen molar-refractivity contribution in [1.82, 2.24) is 5.32 Å². The summed E-state index contributed by atoms with van der Waals surface area (Å²) in [6.07, 6.45) is 0.738. The maximum atomic E-state index is 8.91. The van der Waals surface area contributed by atoms with Gasteiger partial charge >= 0.3 is 0 Å². The van der Waals surface area contributed by atoms with Crippen molar-refractivity contribution >= 4 is 0 Å². The van der Waals surface area contributed by atoms with Crippen LogP contribution in [0, 0.1) is 11.3 Å². The summed E-state index contributed by atoms with van der Waals surface area (Å²) in [6.45, 7) is 0. The molecule has 2 aromatic carbocycles. The predicted octanol–water partition coefficient (Wildman–Crippen LogP) is 3.01. The minimum atomic E-state index is -0.118. The molecule has 2 heteroatoms. The molecule has 1 atom stereocenters. The average Bonchev–Trinajstić information content (AvgIpc) is 2.46. The summed E-state index contributed by atoms with van der Waals surface area (Å²) in [4.78, 5) is 0. The number of likely N-dealkylation sites (N-methyl/N-ethyl adjacent to an activating group) is 1. The van der Waals surface area contributed by atoms with E-state index >= 15 is 0 Å². The van der Waals surface area contributed by atoms with Crippen LogP contribution in [0.15, 0.2) is 54.6 Å². The van der Waals surface area contributed by atoms with Crippen LogP contribution in [0.4, 0.5) is 0 Å². The minimum Gasteiger partial charge on any atom is -0.305 e. The summed E-state index contributed by atoms with van der Waals surface area (Å²) in [7, 11) is 1.81. The van der Waals surface area contributed by atoms with Crippen LogP contribution in [0.2, 0.25) is 0 Å². The lowest BCUT2D eigenvalue weighted by Gasteiger charge is -2.08. The first-order chi connectivity index (χ1) is 8.83. The van der Waals surface area contributed by atoms with Crippen molar-refractivity contribution in [2.45, 2.75) is 12.5 Å². The van der Waals surface area contributed by atoms with Crippen molar-refractivity contribution in [3.05, 3.63) is 60.2 Å². The molecule has 0 saturated carbocycles. The van der Waals surface area contributed by atoms with E-state index in [0.717, 1.165) is 6.42 Å². The summed E-state index contributed by atoms with van der Waals surface area (Å²) in [5.74, 6) is 0. The predicted molar refractivity (Wildman–Crippen MR) is 74.0 cm³/mol. The first kappa shape index (κ1) is 12.3. The third-order valence-electron chi connectivity index (χ3n) is 3.01. The van der Waals surface area contributed by atoms with E-state index in [-0.39, 0.29) is 6.04 Å². The van der Waals surface area contributed by atoms with Gasteiger partial charge in [0.05, 0.1) is 12.1 Å². The molecule has 0 bridgehead atoms. The minimum absolute atomic E-state index is 0.118. The quantitative estimate of drug-likeness (QED) is 0.885. The normalized spacial score (nSPS) is 11.8. The van der Waals surface area contributed by atoms with E-state index in [1.807, 2.05) is 25.2 Å². The summed E-state index contributed by atoms with van der Waals surface area (Å²) in [5, 5.41) is 11.9. The molecule has 0 amide bonds. The van der Waals surface area contributed by atoms with Gasteiger partial charge in [-0.15, -0.1) is 0 Å². The second kappa shape index (κ2) is 6.00. The smallest absolute Gasteiger partial charge is 0.0991 e. The molecule has 2 nitrogen and oxygen atoms in total. The van der Waals surface area contributed by atoms with Gasteiger partial charge in [-0.2, -0.15) is 5.26 Å². The van der Waals surface area contributed by atoms with Gasteiger partial charge in [-0.05, 0) is 23.7 Å². The average molecular weight is 236 g/mol. The molecule has 2 aromatic rings. The van der Waals surface area contributed by atoms with Crippen LogP contribution in [0.1, 0.15) is 5.56 Å². The van der Waals surface area contributed by atoms with Gasteiger partial charge in [-0.3, -0.25) is 0 Å². The van der Waals surface area contributed by atoms with Gasteiger partial charge in [0.15, 0.2) is 0 Å². The van der Waals surface area contributed by atoms with Gasteiger partial charge in [0.25, 0.3) is 0 Å². The lowest BCUT2D eigenvalue weighted by atomic mass is 10.0. The Hall–Kier alpha value is -2.11. The molecule has 0 spiro atoms. The Morgan fingerprint density at radius 1 is 1.00 bits per heavy atom. The van der Waals surface area contributed by atoms with Gasteiger partial charge in [0, 0.05) is 6.42 Å². The fourth-order valence-electron chi connectivity index (χ4n) is 1.91. The first-order valence-electron chi connectivity index (χ1n) is 6.04. The van der Waals surface area contributed by atoms with Crippen LogP contribution < -0.4 is 5.32 Å². The molecule has 1 N–H and O–H groups in total. The van der Waals surface area contributed by atoms with Crippen molar-refractivity contribution in [3.63, 3.8) is 0 Å². The number of benzene rings is 2. The fraction of sp³-hybridized carbons (Fsp3) is 0.188. The number of hydrogen-bond donors (Lipinski definition) is 1. The van der Waals surface area contributed by atoms with Crippen molar-refractivity contribution in [2.24, 2.45) is 0 Å². The molecule has 0 heterocycles. The van der Waals surface area contributed by atoms with Crippen LogP contribution in [0.3, 0.4) is 0 Å². The summed E-state index contributed by atoms with van der Waals surface area (Å²) in [6, 6.07) is 20.8. The van der Waals surface area contributed by atoms with Crippen molar-refractivity contribution in [3.8, 4) is 17.2 Å². The zero-order valence-corrected chi connectivity index (χ0v) is 10.4. The number of rotatable bonds is 4. The maximum absolute atomic E-state index is 8.91. The zero-order valence-electron chi connectivity index (χ0n) is 10.4.